The van der Waals surface area contributed by atoms with Crippen molar-refractivity contribution in [3.63, 3.8) is 0 Å². The van der Waals surface area contributed by atoms with E-state index in [9.17, 15) is 0 Å². The van der Waals surface area contributed by atoms with Crippen molar-refractivity contribution in [1.82, 2.24) is 0 Å². The van der Waals surface area contributed by atoms with Crippen LogP contribution in [0.4, 0.5) is 0 Å². The molecule has 0 aromatic carbocycles. The van der Waals surface area contributed by atoms with Crippen molar-refractivity contribution in [2.75, 3.05) is 0 Å². The molecule has 0 rings (SSSR count). The zero-order valence-corrected chi connectivity index (χ0v) is 14.8. The minimum absolute atomic E-state index is 0. The monoisotopic (exact) mass is 802 g/mol. The minimum atomic E-state index is 0. The van der Waals surface area contributed by atoms with E-state index < -0.39 is 0 Å². The van der Waals surface area contributed by atoms with Crippen molar-refractivity contribution in [2.24, 2.45) is 0 Å². The Kier molecular flexibility index (Phi) is 441. The maximum Gasteiger partial charge on any atom is 0 e. The van der Waals surface area contributed by atoms with Crippen LogP contribution in [0.15, 0.2) is 0 Å². The Morgan fingerprint density at radius 1 is 1.00 bits per heavy atom. The quantitative estimate of drug-likeness (QED) is 0.303. The third kappa shape index (κ3) is 38.2. The van der Waals surface area contributed by atoms with E-state index in [1.807, 2.05) is 0 Å². The van der Waals surface area contributed by atoms with E-state index in [0.29, 0.717) is 0 Å². The van der Waals surface area contributed by atoms with Crippen LogP contribution in [-0.4, -0.2) is 0 Å². The van der Waals surface area contributed by atoms with Crippen LogP contribution in [-0.2, 0) is 136 Å². The van der Waals surface area contributed by atoms with Gasteiger partial charge in [-0.05, 0) is 0 Å². The fourth-order valence-electron chi connectivity index (χ4n) is 0. The van der Waals surface area contributed by atoms with Crippen molar-refractivity contribution in [1.29, 1.82) is 0 Å². The molecule has 59 valence electrons. The van der Waals surface area contributed by atoms with Crippen LogP contribution in [0.25, 0.3) is 0 Å². The van der Waals surface area contributed by atoms with Crippen molar-refractivity contribution >= 4 is 0 Å². The predicted molar refractivity (Wildman–Crippen MR) is 0 cm³/mol. The second kappa shape index (κ2) is 47.9. The molecule has 0 aromatic heterocycles. The van der Waals surface area contributed by atoms with Crippen LogP contribution < -0.4 is 0 Å². The number of hydrogen-bond donors (Lipinski definition) is 0. The van der Waals surface area contributed by atoms with Crippen molar-refractivity contribution in [2.45, 2.75) is 0 Å². The first-order chi connectivity index (χ1) is 0. The Balaban J connectivity index is 0. The molecule has 1 radical (unpaired) electrons. The molecule has 0 spiro atoms. The molecule has 0 aliphatic carbocycles. The molecular formula is FeMoNiPdPtReRu. The van der Waals surface area contributed by atoms with Gasteiger partial charge in [-0.3, -0.25) is 0 Å². The molecular weight excluding hydrogens is 799 g/mol. The minimum Gasteiger partial charge on any atom is 0 e. The molecule has 0 saturated heterocycles. The predicted octanol–water partition coefficient (Wildman–Crippen LogP) is -0.0175. The first kappa shape index (κ1) is 64.4. The summed E-state index contributed by atoms with van der Waals surface area (Å²) in [6.07, 6.45) is 0. The van der Waals surface area contributed by atoms with E-state index in [4.69, 9.17) is 0 Å². The molecule has 0 N–H and O–H groups in total. The molecule has 0 amide bonds. The molecule has 0 bridgehead atoms. The summed E-state index contributed by atoms with van der Waals surface area (Å²) in [5, 5.41) is 0. The largest absolute Gasteiger partial charge is 0 e. The van der Waals surface area contributed by atoms with E-state index in [0.717, 1.165) is 0 Å². The summed E-state index contributed by atoms with van der Waals surface area (Å²) in [6.45, 7) is 0. The molecule has 0 aromatic rings. The molecule has 0 fully saturated rings. The van der Waals surface area contributed by atoms with Crippen molar-refractivity contribution in [3.05, 3.63) is 0 Å². The van der Waals surface area contributed by atoms with E-state index in [1.54, 1.807) is 0 Å². The maximum absolute atomic E-state index is 0. The maximum atomic E-state index is 0. The fourth-order valence-corrected chi connectivity index (χ4v) is 0. The summed E-state index contributed by atoms with van der Waals surface area (Å²) in [5.41, 5.74) is 0. The molecule has 0 unspecified atom stereocenters. The van der Waals surface area contributed by atoms with Gasteiger partial charge >= 0.3 is 0 Å². The second-order valence-electron chi connectivity index (χ2n) is 0. The van der Waals surface area contributed by atoms with E-state index in [2.05, 4.69) is 0 Å². The van der Waals surface area contributed by atoms with Gasteiger partial charge < -0.3 is 0 Å². The number of rotatable bonds is 0. The summed E-state index contributed by atoms with van der Waals surface area (Å²) < 4.78 is 0. The Morgan fingerprint density at radius 2 is 1.00 bits per heavy atom. The zero-order chi connectivity index (χ0) is 0. The third-order valence-electron chi connectivity index (χ3n) is 0. The summed E-state index contributed by atoms with van der Waals surface area (Å²) in [4.78, 5) is 0. The topological polar surface area (TPSA) is 0 Å². The van der Waals surface area contributed by atoms with Crippen molar-refractivity contribution < 1.29 is 136 Å². The van der Waals surface area contributed by atoms with Gasteiger partial charge in [-0.1, -0.05) is 0 Å². The van der Waals surface area contributed by atoms with E-state index in [1.165, 1.54) is 0 Å². The first-order valence-electron chi connectivity index (χ1n) is 0. The molecule has 0 heterocycles. The van der Waals surface area contributed by atoms with Gasteiger partial charge in [-0.2, -0.15) is 0 Å². The van der Waals surface area contributed by atoms with Crippen LogP contribution >= 0.6 is 0 Å². The zero-order valence-electron chi connectivity index (χ0n) is 2.44. The molecule has 7 heteroatoms. The van der Waals surface area contributed by atoms with Crippen LogP contribution in [0.1, 0.15) is 0 Å². The van der Waals surface area contributed by atoms with Gasteiger partial charge in [0.15, 0.2) is 0 Å². The van der Waals surface area contributed by atoms with Gasteiger partial charge in [-0.15, -0.1) is 0 Å². The standard InChI is InChI=1S/Fe.Mo.Ni.Pd.Pt.Re.Ru. The molecule has 0 aliphatic rings. The third-order valence-corrected chi connectivity index (χ3v) is 0. The molecule has 0 aliphatic heterocycles. The second-order valence-corrected chi connectivity index (χ2v) is 0. The summed E-state index contributed by atoms with van der Waals surface area (Å²) in [5.74, 6) is 0. The summed E-state index contributed by atoms with van der Waals surface area (Å²) >= 11 is 0. The summed E-state index contributed by atoms with van der Waals surface area (Å²) in [7, 11) is 0. The normalized spacial score (nSPS) is 0. The van der Waals surface area contributed by atoms with Gasteiger partial charge in [-0.25, -0.2) is 0 Å². The molecule has 7 heavy (non-hydrogen) atoms. The average Bonchev–Trinajstić information content (AvgIpc) is 0. The Bertz CT molecular complexity index is 19.7. The van der Waals surface area contributed by atoms with Gasteiger partial charge in [0.05, 0.1) is 0 Å². The van der Waals surface area contributed by atoms with Gasteiger partial charge in [0.1, 0.15) is 0 Å². The van der Waals surface area contributed by atoms with Gasteiger partial charge in [0.2, 0.25) is 0 Å². The Labute approximate surface area is 133 Å². The summed E-state index contributed by atoms with van der Waals surface area (Å²) in [6, 6.07) is 0. The van der Waals surface area contributed by atoms with Crippen LogP contribution in [0.5, 0.6) is 0 Å². The van der Waals surface area contributed by atoms with E-state index in [-0.39, 0.29) is 136 Å². The first-order valence-corrected chi connectivity index (χ1v) is 0. The van der Waals surface area contributed by atoms with Crippen molar-refractivity contribution in [3.8, 4) is 0 Å². The smallest absolute Gasteiger partial charge is 0 e. The average molecular weight is 799 g/mol. The van der Waals surface area contributed by atoms with Crippen LogP contribution in [0, 0.1) is 0 Å². The van der Waals surface area contributed by atoms with Gasteiger partial charge in [0.25, 0.3) is 0 Å². The van der Waals surface area contributed by atoms with E-state index >= 15 is 0 Å². The Hall–Kier alpha value is 4.34. The Morgan fingerprint density at radius 3 is 1.00 bits per heavy atom. The van der Waals surface area contributed by atoms with Crippen LogP contribution in [0.3, 0.4) is 0 Å². The SMILES string of the molecule is [Fe].[Mo].[Ni].[Pd].[Pt].[Re].[Ru]. The van der Waals surface area contributed by atoms with Gasteiger partial charge in [0, 0.05) is 136 Å². The molecule has 0 nitrogen and oxygen atoms in total. The fraction of sp³-hybridized carbons (Fsp3) is 0. The van der Waals surface area contributed by atoms with Crippen LogP contribution in [0.2, 0.25) is 0 Å². The molecule has 0 saturated carbocycles. The molecule has 0 atom stereocenters. The number of hydrogen-bond acceptors (Lipinski definition) is 0.